The number of thiophene rings is 1. The Labute approximate surface area is 173 Å². The fraction of sp³-hybridized carbons (Fsp3) is 0.211. The molecule has 2 aromatic heterocycles. The standard InChI is InChI=1S/C19H16F3N5O2S/c1-10-14(16(28)24-11-6-3-4-7-12(11)29-2)15(13-8-5-9-30-13)27-18(23-10)25-17(26-27)19(20,21)22/h3-9,15H,1-2H3,(H,24,28)(H,23,25,26). The van der Waals surface area contributed by atoms with Gasteiger partial charge in [0, 0.05) is 10.6 Å². The number of rotatable bonds is 4. The second kappa shape index (κ2) is 7.48. The van der Waals surface area contributed by atoms with Crippen molar-refractivity contribution in [3.63, 3.8) is 0 Å². The van der Waals surface area contributed by atoms with E-state index in [-0.39, 0.29) is 11.5 Å². The van der Waals surface area contributed by atoms with Gasteiger partial charge in [-0.3, -0.25) is 4.79 Å². The number of carbonyl (C=O) groups is 1. The van der Waals surface area contributed by atoms with Crippen LogP contribution < -0.4 is 15.4 Å². The molecular formula is C19H16F3N5O2S. The third-order valence-electron chi connectivity index (χ3n) is 4.52. The number of anilines is 2. The lowest BCUT2D eigenvalue weighted by Gasteiger charge is -2.27. The van der Waals surface area contributed by atoms with Gasteiger partial charge in [-0.05, 0) is 30.5 Å². The van der Waals surface area contributed by atoms with Crippen LogP contribution in [0.1, 0.15) is 23.7 Å². The molecule has 11 heteroatoms. The van der Waals surface area contributed by atoms with Crippen LogP contribution >= 0.6 is 11.3 Å². The van der Waals surface area contributed by atoms with Gasteiger partial charge < -0.3 is 15.4 Å². The van der Waals surface area contributed by atoms with Gasteiger partial charge in [0.25, 0.3) is 11.7 Å². The van der Waals surface area contributed by atoms with Gasteiger partial charge in [-0.25, -0.2) is 4.68 Å². The van der Waals surface area contributed by atoms with E-state index in [2.05, 4.69) is 20.7 Å². The van der Waals surface area contributed by atoms with E-state index in [4.69, 9.17) is 4.74 Å². The minimum absolute atomic E-state index is 0.0768. The Morgan fingerprint density at radius 2 is 2.03 bits per heavy atom. The zero-order valence-electron chi connectivity index (χ0n) is 15.8. The molecule has 1 atom stereocenters. The molecule has 1 aliphatic heterocycles. The Morgan fingerprint density at radius 1 is 1.27 bits per heavy atom. The average Bonchev–Trinajstić information content (AvgIpc) is 3.36. The van der Waals surface area contributed by atoms with Crippen molar-refractivity contribution < 1.29 is 22.7 Å². The van der Waals surface area contributed by atoms with Crippen molar-refractivity contribution >= 4 is 28.9 Å². The topological polar surface area (TPSA) is 81.1 Å². The lowest BCUT2D eigenvalue weighted by molar-refractivity contribution is -0.145. The highest BCUT2D eigenvalue weighted by atomic mass is 32.1. The van der Waals surface area contributed by atoms with E-state index in [0.29, 0.717) is 22.0 Å². The normalized spacial score (nSPS) is 16.1. The van der Waals surface area contributed by atoms with Crippen molar-refractivity contribution in [2.75, 3.05) is 17.7 Å². The Morgan fingerprint density at radius 3 is 2.70 bits per heavy atom. The number of ether oxygens (including phenoxy) is 1. The summed E-state index contributed by atoms with van der Waals surface area (Å²) in [5.41, 5.74) is 1.06. The summed E-state index contributed by atoms with van der Waals surface area (Å²) < 4.78 is 45.9. The first-order valence-corrected chi connectivity index (χ1v) is 9.67. The van der Waals surface area contributed by atoms with Gasteiger partial charge in [-0.15, -0.1) is 16.4 Å². The van der Waals surface area contributed by atoms with E-state index in [1.807, 2.05) is 0 Å². The minimum Gasteiger partial charge on any atom is -0.495 e. The lowest BCUT2D eigenvalue weighted by Crippen LogP contribution is -2.31. The van der Waals surface area contributed by atoms with Crippen LogP contribution in [0.3, 0.4) is 0 Å². The monoisotopic (exact) mass is 435 g/mol. The zero-order valence-corrected chi connectivity index (χ0v) is 16.6. The van der Waals surface area contributed by atoms with E-state index in [1.165, 1.54) is 18.4 Å². The number of carbonyl (C=O) groups excluding carboxylic acids is 1. The predicted molar refractivity (Wildman–Crippen MR) is 105 cm³/mol. The highest BCUT2D eigenvalue weighted by molar-refractivity contribution is 7.10. The summed E-state index contributed by atoms with van der Waals surface area (Å²) in [6, 6.07) is 9.50. The van der Waals surface area contributed by atoms with E-state index in [1.54, 1.807) is 48.7 Å². The number of halogens is 3. The molecule has 1 aromatic carbocycles. The molecule has 2 N–H and O–H groups in total. The molecule has 1 aliphatic rings. The summed E-state index contributed by atoms with van der Waals surface area (Å²) in [7, 11) is 1.48. The molecule has 0 bridgehead atoms. The van der Waals surface area contributed by atoms with Crippen LogP contribution in [0.25, 0.3) is 0 Å². The summed E-state index contributed by atoms with van der Waals surface area (Å²) in [5.74, 6) is -1.38. The number of nitrogens with one attached hydrogen (secondary N) is 2. The minimum atomic E-state index is -4.71. The van der Waals surface area contributed by atoms with Crippen LogP contribution in [0, 0.1) is 0 Å². The van der Waals surface area contributed by atoms with Gasteiger partial charge in [-0.2, -0.15) is 18.2 Å². The first kappa shape index (κ1) is 20.0. The first-order chi connectivity index (χ1) is 14.3. The maximum Gasteiger partial charge on any atom is 0.453 e. The number of methoxy groups -OCH3 is 1. The number of allylic oxidation sites excluding steroid dienone is 1. The van der Waals surface area contributed by atoms with Crippen LogP contribution in [0.15, 0.2) is 53.0 Å². The molecule has 1 amide bonds. The highest BCUT2D eigenvalue weighted by Gasteiger charge is 2.41. The number of fused-ring (bicyclic) bond motifs is 1. The summed E-state index contributed by atoms with van der Waals surface area (Å²) >= 11 is 1.31. The molecule has 4 rings (SSSR count). The largest absolute Gasteiger partial charge is 0.495 e. The number of para-hydroxylation sites is 2. The molecule has 0 saturated heterocycles. The number of hydrogen-bond donors (Lipinski definition) is 2. The van der Waals surface area contributed by atoms with Crippen molar-refractivity contribution in [2.45, 2.75) is 19.1 Å². The summed E-state index contributed by atoms with van der Waals surface area (Å²) in [5, 5.41) is 11.0. The zero-order chi connectivity index (χ0) is 21.5. The molecule has 0 fully saturated rings. The summed E-state index contributed by atoms with van der Waals surface area (Å²) in [4.78, 5) is 17.4. The average molecular weight is 435 g/mol. The molecule has 0 saturated carbocycles. The predicted octanol–water partition coefficient (Wildman–Crippen LogP) is 4.29. The van der Waals surface area contributed by atoms with Gasteiger partial charge in [0.05, 0.1) is 18.4 Å². The third kappa shape index (κ3) is 3.52. The van der Waals surface area contributed by atoms with Gasteiger partial charge in [-0.1, -0.05) is 18.2 Å². The van der Waals surface area contributed by atoms with Crippen LogP contribution in [0.2, 0.25) is 0 Å². The first-order valence-electron chi connectivity index (χ1n) is 8.79. The second-order valence-electron chi connectivity index (χ2n) is 6.44. The maximum atomic E-state index is 13.2. The van der Waals surface area contributed by atoms with Gasteiger partial charge in [0.1, 0.15) is 11.8 Å². The third-order valence-corrected chi connectivity index (χ3v) is 5.44. The second-order valence-corrected chi connectivity index (χ2v) is 7.42. The fourth-order valence-electron chi connectivity index (χ4n) is 3.21. The van der Waals surface area contributed by atoms with E-state index >= 15 is 0 Å². The molecule has 156 valence electrons. The number of nitrogens with zero attached hydrogens (tertiary/aromatic N) is 3. The van der Waals surface area contributed by atoms with Crippen LogP contribution in [0.4, 0.5) is 24.8 Å². The number of amides is 1. The van der Waals surface area contributed by atoms with Crippen LogP contribution in [-0.2, 0) is 11.0 Å². The molecule has 3 heterocycles. The van der Waals surface area contributed by atoms with Crippen molar-refractivity contribution in [3.05, 3.63) is 63.7 Å². The fourth-order valence-corrected chi connectivity index (χ4v) is 4.03. The van der Waals surface area contributed by atoms with E-state index in [0.717, 1.165) is 4.68 Å². The molecule has 0 radical (unpaired) electrons. The number of benzene rings is 1. The Kier molecular flexibility index (Phi) is 4.98. The number of alkyl halides is 3. The van der Waals surface area contributed by atoms with Crippen LogP contribution in [-0.4, -0.2) is 27.8 Å². The van der Waals surface area contributed by atoms with E-state index < -0.39 is 23.9 Å². The number of aromatic nitrogens is 3. The Hall–Kier alpha value is -3.34. The van der Waals surface area contributed by atoms with Gasteiger partial charge >= 0.3 is 6.18 Å². The van der Waals surface area contributed by atoms with Crippen molar-refractivity contribution in [3.8, 4) is 5.75 Å². The molecule has 30 heavy (non-hydrogen) atoms. The quantitative estimate of drug-likeness (QED) is 0.639. The SMILES string of the molecule is COc1ccccc1NC(=O)C1=C(C)Nc2nc(C(F)(F)F)nn2C1c1cccs1. The van der Waals surface area contributed by atoms with Crippen molar-refractivity contribution in [1.82, 2.24) is 14.8 Å². The summed E-state index contributed by atoms with van der Waals surface area (Å²) in [6.45, 7) is 1.61. The smallest absolute Gasteiger partial charge is 0.453 e. The van der Waals surface area contributed by atoms with E-state index in [9.17, 15) is 18.0 Å². The van der Waals surface area contributed by atoms with Gasteiger partial charge in [0.2, 0.25) is 5.95 Å². The molecular weight excluding hydrogens is 419 g/mol. The highest BCUT2D eigenvalue weighted by Crippen LogP contribution is 2.39. The van der Waals surface area contributed by atoms with Crippen molar-refractivity contribution in [2.24, 2.45) is 0 Å². The molecule has 0 spiro atoms. The molecule has 0 aliphatic carbocycles. The molecule has 3 aromatic rings. The Bertz CT molecular complexity index is 1120. The maximum absolute atomic E-state index is 13.2. The summed E-state index contributed by atoms with van der Waals surface area (Å²) in [6.07, 6.45) is -4.71. The lowest BCUT2D eigenvalue weighted by atomic mass is 10.0. The number of hydrogen-bond acceptors (Lipinski definition) is 6. The Balaban J connectivity index is 1.78. The van der Waals surface area contributed by atoms with Crippen LogP contribution in [0.5, 0.6) is 5.75 Å². The molecule has 7 nitrogen and oxygen atoms in total. The van der Waals surface area contributed by atoms with Gasteiger partial charge in [0.15, 0.2) is 0 Å². The molecule has 1 unspecified atom stereocenters. The van der Waals surface area contributed by atoms with Crippen molar-refractivity contribution in [1.29, 1.82) is 0 Å².